The van der Waals surface area contributed by atoms with Crippen molar-refractivity contribution in [2.24, 2.45) is 4.99 Å². The third kappa shape index (κ3) is 2.54. The molecule has 0 aliphatic carbocycles. The predicted molar refractivity (Wildman–Crippen MR) is 76.6 cm³/mol. The summed E-state index contributed by atoms with van der Waals surface area (Å²) in [5.74, 6) is -0.299. The number of rotatable bonds is 2. The van der Waals surface area contributed by atoms with Crippen LogP contribution >= 0.6 is 11.6 Å². The van der Waals surface area contributed by atoms with Crippen LogP contribution in [-0.4, -0.2) is 36.3 Å². The van der Waals surface area contributed by atoms with Gasteiger partial charge in [0.2, 0.25) is 0 Å². The average Bonchev–Trinajstić information content (AvgIpc) is 2.62. The molecule has 19 heavy (non-hydrogen) atoms. The fraction of sp³-hybridized carbons (Fsp3) is 0.533. The highest BCUT2D eigenvalue weighted by Gasteiger charge is 2.38. The Balaban J connectivity index is 1.74. The molecule has 2 fully saturated rings. The summed E-state index contributed by atoms with van der Waals surface area (Å²) in [6, 6.07) is 6.35. The van der Waals surface area contributed by atoms with Crippen molar-refractivity contribution in [1.82, 2.24) is 4.90 Å². The third-order valence-corrected chi connectivity index (χ3v) is 4.82. The Morgan fingerprint density at radius 1 is 1.32 bits per heavy atom. The summed E-state index contributed by atoms with van der Waals surface area (Å²) in [6.07, 6.45) is 6.32. The van der Waals surface area contributed by atoms with Crippen molar-refractivity contribution in [3.8, 4) is 0 Å². The minimum Gasteiger partial charge on any atom is -0.300 e. The molecular formula is C15H18ClFN2. The van der Waals surface area contributed by atoms with Crippen LogP contribution in [0.3, 0.4) is 0 Å². The summed E-state index contributed by atoms with van der Waals surface area (Å²) in [5.41, 5.74) is 0.412. The van der Waals surface area contributed by atoms with Gasteiger partial charge in [0.25, 0.3) is 0 Å². The molecule has 2 atom stereocenters. The van der Waals surface area contributed by atoms with Gasteiger partial charge in [-0.25, -0.2) is 4.39 Å². The smallest absolute Gasteiger partial charge is 0.133 e. The first-order chi connectivity index (χ1) is 9.15. The molecule has 2 nitrogen and oxygen atoms in total. The molecule has 2 unspecified atom stereocenters. The zero-order valence-electron chi connectivity index (χ0n) is 11.0. The first-order valence-electron chi connectivity index (χ1n) is 6.84. The molecule has 0 amide bonds. The predicted octanol–water partition coefficient (Wildman–Crippen LogP) is 3.52. The largest absolute Gasteiger partial charge is 0.300 e. The highest BCUT2D eigenvalue weighted by molar-refractivity contribution is 6.33. The van der Waals surface area contributed by atoms with Crippen molar-refractivity contribution in [2.75, 3.05) is 7.05 Å². The Morgan fingerprint density at radius 3 is 2.63 bits per heavy atom. The molecule has 2 bridgehead atoms. The van der Waals surface area contributed by atoms with Crippen LogP contribution < -0.4 is 0 Å². The lowest BCUT2D eigenvalue weighted by molar-refractivity contribution is 0.164. The monoisotopic (exact) mass is 280 g/mol. The van der Waals surface area contributed by atoms with E-state index in [4.69, 9.17) is 11.6 Å². The number of piperidine rings is 1. The summed E-state index contributed by atoms with van der Waals surface area (Å²) >= 11 is 6.00. The van der Waals surface area contributed by atoms with Crippen molar-refractivity contribution in [1.29, 1.82) is 0 Å². The molecule has 2 aliphatic rings. The van der Waals surface area contributed by atoms with E-state index < -0.39 is 0 Å². The molecule has 4 heteroatoms. The number of aliphatic imine (C=N–C) groups is 1. The van der Waals surface area contributed by atoms with Crippen LogP contribution in [0.5, 0.6) is 0 Å². The van der Waals surface area contributed by atoms with E-state index in [1.165, 1.54) is 18.9 Å². The summed E-state index contributed by atoms with van der Waals surface area (Å²) in [5, 5.41) is 0.430. The van der Waals surface area contributed by atoms with Crippen LogP contribution in [0.15, 0.2) is 23.2 Å². The fourth-order valence-corrected chi connectivity index (χ4v) is 3.53. The van der Waals surface area contributed by atoms with Gasteiger partial charge in [0.05, 0.1) is 11.1 Å². The maximum absolute atomic E-state index is 13.6. The topological polar surface area (TPSA) is 15.6 Å². The summed E-state index contributed by atoms with van der Waals surface area (Å²) in [6.45, 7) is 0. The van der Waals surface area contributed by atoms with E-state index in [0.717, 1.165) is 12.8 Å². The molecule has 102 valence electrons. The second-order valence-electron chi connectivity index (χ2n) is 5.59. The number of benzene rings is 1. The Hall–Kier alpha value is -0.930. The lowest BCUT2D eigenvalue weighted by Gasteiger charge is -2.34. The van der Waals surface area contributed by atoms with Crippen molar-refractivity contribution < 1.29 is 4.39 Å². The van der Waals surface area contributed by atoms with Crippen molar-refractivity contribution in [3.63, 3.8) is 0 Å². The number of halogens is 2. The Kier molecular flexibility index (Phi) is 3.59. The quantitative estimate of drug-likeness (QED) is 0.757. The Bertz CT molecular complexity index is 469. The average molecular weight is 281 g/mol. The molecule has 3 rings (SSSR count). The van der Waals surface area contributed by atoms with Gasteiger partial charge in [-0.2, -0.15) is 0 Å². The molecule has 0 radical (unpaired) electrons. The molecular weight excluding hydrogens is 263 g/mol. The second-order valence-corrected chi connectivity index (χ2v) is 6.00. The highest BCUT2D eigenvalue weighted by atomic mass is 35.5. The lowest BCUT2D eigenvalue weighted by atomic mass is 9.98. The molecule has 1 aromatic rings. The number of hydrogen-bond donors (Lipinski definition) is 0. The van der Waals surface area contributed by atoms with Gasteiger partial charge < -0.3 is 4.90 Å². The second kappa shape index (κ2) is 5.22. The highest BCUT2D eigenvalue weighted by Crippen LogP contribution is 2.35. The van der Waals surface area contributed by atoms with Gasteiger partial charge in [-0.15, -0.1) is 0 Å². The van der Waals surface area contributed by atoms with Crippen LogP contribution in [-0.2, 0) is 0 Å². The summed E-state index contributed by atoms with van der Waals surface area (Å²) < 4.78 is 13.6. The van der Waals surface area contributed by atoms with Crippen LogP contribution in [0.4, 0.5) is 4.39 Å². The molecule has 0 N–H and O–H groups in total. The maximum Gasteiger partial charge on any atom is 0.133 e. The van der Waals surface area contributed by atoms with Crippen LogP contribution in [0.2, 0.25) is 5.02 Å². The molecule has 2 saturated heterocycles. The first kappa shape index (κ1) is 13.1. The summed E-state index contributed by atoms with van der Waals surface area (Å²) in [4.78, 5) is 7.05. The lowest BCUT2D eigenvalue weighted by Crippen LogP contribution is -2.41. The zero-order chi connectivity index (χ0) is 13.4. The molecule has 2 heterocycles. The van der Waals surface area contributed by atoms with Crippen LogP contribution in [0, 0.1) is 5.82 Å². The third-order valence-electron chi connectivity index (χ3n) is 4.49. The molecule has 1 aromatic carbocycles. The van der Waals surface area contributed by atoms with Gasteiger partial charge in [0.1, 0.15) is 5.82 Å². The molecule has 2 aliphatic heterocycles. The number of nitrogens with zero attached hydrogens (tertiary/aromatic N) is 2. The maximum atomic E-state index is 13.6. The molecule has 0 saturated carbocycles. The first-order valence-corrected chi connectivity index (χ1v) is 7.22. The van der Waals surface area contributed by atoms with E-state index in [2.05, 4.69) is 16.9 Å². The van der Waals surface area contributed by atoms with Crippen molar-refractivity contribution in [2.45, 2.75) is 43.8 Å². The van der Waals surface area contributed by atoms with E-state index in [0.29, 0.717) is 28.7 Å². The van der Waals surface area contributed by atoms with Crippen LogP contribution in [0.1, 0.15) is 31.2 Å². The van der Waals surface area contributed by atoms with Gasteiger partial charge in [-0.3, -0.25) is 4.99 Å². The van der Waals surface area contributed by atoms with E-state index in [-0.39, 0.29) is 5.82 Å². The van der Waals surface area contributed by atoms with Gasteiger partial charge in [0, 0.05) is 23.9 Å². The minimum absolute atomic E-state index is 0.299. The van der Waals surface area contributed by atoms with E-state index >= 15 is 0 Å². The standard InChI is InChI=1S/C15H18ClFN2/c1-19-11-5-6-12(19)8-10(7-11)18-9-13-14(16)3-2-4-15(13)17/h2-4,9-12H,5-8H2,1H3. The minimum atomic E-state index is -0.299. The van der Waals surface area contributed by atoms with Gasteiger partial charge in [-0.1, -0.05) is 17.7 Å². The van der Waals surface area contributed by atoms with Gasteiger partial charge in [-0.05, 0) is 44.9 Å². The Morgan fingerprint density at radius 2 is 2.00 bits per heavy atom. The van der Waals surface area contributed by atoms with Gasteiger partial charge in [0.15, 0.2) is 0 Å². The SMILES string of the molecule is CN1C2CCC1CC(N=Cc1c(F)cccc1Cl)C2. The van der Waals surface area contributed by atoms with Crippen molar-refractivity contribution >= 4 is 17.8 Å². The fourth-order valence-electron chi connectivity index (χ4n) is 3.32. The zero-order valence-corrected chi connectivity index (χ0v) is 11.8. The van der Waals surface area contributed by atoms with Crippen LogP contribution in [0.25, 0.3) is 0 Å². The normalized spacial score (nSPS) is 31.2. The summed E-state index contributed by atoms with van der Waals surface area (Å²) in [7, 11) is 2.20. The molecule has 0 spiro atoms. The number of fused-ring (bicyclic) bond motifs is 2. The number of hydrogen-bond acceptors (Lipinski definition) is 2. The van der Waals surface area contributed by atoms with Gasteiger partial charge >= 0.3 is 0 Å². The van der Waals surface area contributed by atoms with E-state index in [1.54, 1.807) is 18.3 Å². The van der Waals surface area contributed by atoms with E-state index in [1.807, 2.05) is 0 Å². The van der Waals surface area contributed by atoms with E-state index in [9.17, 15) is 4.39 Å². The van der Waals surface area contributed by atoms with Crippen molar-refractivity contribution in [3.05, 3.63) is 34.6 Å². The Labute approximate surface area is 118 Å². The molecule has 0 aromatic heterocycles.